The zero-order valence-electron chi connectivity index (χ0n) is 12.6. The van der Waals surface area contributed by atoms with Gasteiger partial charge in [-0.1, -0.05) is 0 Å². The lowest BCUT2D eigenvalue weighted by Crippen LogP contribution is -2.35. The molecule has 0 atom stereocenters. The molecular formula is C15H24FN3O2. The van der Waals surface area contributed by atoms with E-state index in [-0.39, 0.29) is 18.2 Å². The summed E-state index contributed by atoms with van der Waals surface area (Å²) >= 11 is 0. The number of rotatable bonds is 8. The molecule has 0 aromatic heterocycles. The lowest BCUT2D eigenvalue weighted by atomic mass is 10.2. The highest BCUT2D eigenvalue weighted by Crippen LogP contribution is 2.19. The van der Waals surface area contributed by atoms with Gasteiger partial charge in [0.05, 0.1) is 11.4 Å². The van der Waals surface area contributed by atoms with E-state index in [2.05, 4.69) is 10.2 Å². The Balaban J connectivity index is 2.49. The van der Waals surface area contributed by atoms with Gasteiger partial charge in [-0.25, -0.2) is 4.39 Å². The van der Waals surface area contributed by atoms with Gasteiger partial charge < -0.3 is 21.1 Å². The number of benzene rings is 1. The van der Waals surface area contributed by atoms with Crippen molar-refractivity contribution in [2.75, 3.05) is 30.7 Å². The van der Waals surface area contributed by atoms with Crippen LogP contribution in [0, 0.1) is 5.82 Å². The highest BCUT2D eigenvalue weighted by Gasteiger charge is 2.12. The van der Waals surface area contributed by atoms with Crippen LogP contribution >= 0.6 is 0 Å². The van der Waals surface area contributed by atoms with Gasteiger partial charge in [-0.15, -0.1) is 0 Å². The standard InChI is InChI=1S/C15H24FN3O2/c1-11(2)19(7-3-9-20)8-6-15(21)18-14-5-4-12(16)10-13(14)17/h4-5,10-11,20H,3,6-9,17H2,1-2H3,(H,18,21). The summed E-state index contributed by atoms with van der Waals surface area (Å²) in [6.07, 6.45) is 1.01. The predicted octanol–water partition coefficient (Wildman–Crippen LogP) is 1.83. The molecule has 1 amide bonds. The van der Waals surface area contributed by atoms with E-state index < -0.39 is 5.82 Å². The highest BCUT2D eigenvalue weighted by atomic mass is 19.1. The molecular weight excluding hydrogens is 273 g/mol. The molecule has 0 aliphatic carbocycles. The summed E-state index contributed by atoms with van der Waals surface area (Å²) < 4.78 is 12.9. The van der Waals surface area contributed by atoms with E-state index in [0.29, 0.717) is 31.1 Å². The zero-order chi connectivity index (χ0) is 15.8. The molecule has 118 valence electrons. The first-order valence-corrected chi connectivity index (χ1v) is 7.13. The number of nitrogens with two attached hydrogens (primary N) is 1. The van der Waals surface area contributed by atoms with Crippen LogP contribution in [0.2, 0.25) is 0 Å². The summed E-state index contributed by atoms with van der Waals surface area (Å²) in [5, 5.41) is 11.6. The van der Waals surface area contributed by atoms with Gasteiger partial charge >= 0.3 is 0 Å². The van der Waals surface area contributed by atoms with Crippen LogP contribution in [0.15, 0.2) is 18.2 Å². The predicted molar refractivity (Wildman–Crippen MR) is 82.5 cm³/mol. The maximum atomic E-state index is 12.9. The fourth-order valence-corrected chi connectivity index (χ4v) is 2.01. The smallest absolute Gasteiger partial charge is 0.225 e. The molecule has 1 rings (SSSR count). The number of nitrogens with zero attached hydrogens (tertiary/aromatic N) is 1. The Hall–Kier alpha value is -1.66. The number of anilines is 2. The van der Waals surface area contributed by atoms with Crippen LogP contribution in [-0.4, -0.2) is 41.7 Å². The maximum absolute atomic E-state index is 12.9. The van der Waals surface area contributed by atoms with Gasteiger partial charge in [-0.05, 0) is 38.5 Å². The first-order chi connectivity index (χ1) is 9.93. The average Bonchev–Trinajstić information content (AvgIpc) is 2.41. The van der Waals surface area contributed by atoms with Crippen molar-refractivity contribution in [3.63, 3.8) is 0 Å². The molecule has 5 nitrogen and oxygen atoms in total. The molecule has 0 spiro atoms. The Morgan fingerprint density at radius 1 is 1.43 bits per heavy atom. The number of aliphatic hydroxyl groups excluding tert-OH is 1. The molecule has 21 heavy (non-hydrogen) atoms. The number of hydrogen-bond acceptors (Lipinski definition) is 4. The van der Waals surface area contributed by atoms with Crippen molar-refractivity contribution in [3.8, 4) is 0 Å². The lowest BCUT2D eigenvalue weighted by Gasteiger charge is -2.25. The van der Waals surface area contributed by atoms with Crippen LogP contribution in [0.5, 0.6) is 0 Å². The summed E-state index contributed by atoms with van der Waals surface area (Å²) in [5.74, 6) is -0.594. The van der Waals surface area contributed by atoms with Gasteiger partial charge in [0, 0.05) is 32.2 Å². The second kappa shape index (κ2) is 8.59. The number of nitrogens with one attached hydrogen (secondary N) is 1. The Kier molecular flexibility index (Phi) is 7.11. The van der Waals surface area contributed by atoms with E-state index in [9.17, 15) is 9.18 Å². The molecule has 0 aliphatic heterocycles. The van der Waals surface area contributed by atoms with Crippen molar-refractivity contribution in [1.82, 2.24) is 4.90 Å². The summed E-state index contributed by atoms with van der Waals surface area (Å²) in [5.41, 5.74) is 6.28. The number of nitrogen functional groups attached to an aromatic ring is 1. The molecule has 0 aliphatic rings. The lowest BCUT2D eigenvalue weighted by molar-refractivity contribution is -0.116. The third-order valence-electron chi connectivity index (χ3n) is 3.25. The SMILES string of the molecule is CC(C)N(CCCO)CCC(=O)Nc1ccc(F)cc1N. The van der Waals surface area contributed by atoms with Crippen LogP contribution in [0.25, 0.3) is 0 Å². The molecule has 4 N–H and O–H groups in total. The van der Waals surface area contributed by atoms with Crippen LogP contribution in [0.4, 0.5) is 15.8 Å². The fourth-order valence-electron chi connectivity index (χ4n) is 2.01. The van der Waals surface area contributed by atoms with E-state index >= 15 is 0 Å². The Morgan fingerprint density at radius 3 is 2.71 bits per heavy atom. The molecule has 1 aromatic carbocycles. The van der Waals surface area contributed by atoms with Gasteiger partial charge in [-0.3, -0.25) is 4.79 Å². The van der Waals surface area contributed by atoms with E-state index in [1.807, 2.05) is 13.8 Å². The number of carbonyl (C=O) groups excluding carboxylic acids is 1. The first-order valence-electron chi connectivity index (χ1n) is 7.13. The molecule has 0 heterocycles. The molecule has 0 saturated heterocycles. The van der Waals surface area contributed by atoms with Crippen molar-refractivity contribution < 1.29 is 14.3 Å². The minimum atomic E-state index is -0.430. The molecule has 1 aromatic rings. The maximum Gasteiger partial charge on any atom is 0.225 e. The molecule has 0 fully saturated rings. The van der Waals surface area contributed by atoms with Gasteiger partial charge in [0.2, 0.25) is 5.91 Å². The third kappa shape index (κ3) is 6.10. The fraction of sp³-hybridized carbons (Fsp3) is 0.533. The van der Waals surface area contributed by atoms with E-state index in [4.69, 9.17) is 10.8 Å². The number of aliphatic hydroxyl groups is 1. The van der Waals surface area contributed by atoms with E-state index in [1.54, 1.807) is 0 Å². The molecule has 0 saturated carbocycles. The van der Waals surface area contributed by atoms with Gasteiger partial charge in [-0.2, -0.15) is 0 Å². The normalized spacial score (nSPS) is 11.1. The van der Waals surface area contributed by atoms with Gasteiger partial charge in [0.15, 0.2) is 0 Å². The van der Waals surface area contributed by atoms with Crippen molar-refractivity contribution in [2.45, 2.75) is 32.7 Å². The minimum Gasteiger partial charge on any atom is -0.397 e. The quantitative estimate of drug-likeness (QED) is 0.640. The number of carbonyl (C=O) groups is 1. The number of amides is 1. The van der Waals surface area contributed by atoms with Crippen LogP contribution < -0.4 is 11.1 Å². The third-order valence-corrected chi connectivity index (χ3v) is 3.25. The highest BCUT2D eigenvalue weighted by molar-refractivity contribution is 5.93. The van der Waals surface area contributed by atoms with Crippen molar-refractivity contribution in [1.29, 1.82) is 0 Å². The largest absolute Gasteiger partial charge is 0.397 e. The minimum absolute atomic E-state index is 0.140. The van der Waals surface area contributed by atoms with Crippen LogP contribution in [0.3, 0.4) is 0 Å². The van der Waals surface area contributed by atoms with Gasteiger partial charge in [0.1, 0.15) is 5.82 Å². The topological polar surface area (TPSA) is 78.6 Å². The van der Waals surface area contributed by atoms with Crippen LogP contribution in [-0.2, 0) is 4.79 Å². The van der Waals surface area contributed by atoms with Gasteiger partial charge in [0.25, 0.3) is 0 Å². The Bertz CT molecular complexity index is 466. The number of hydrogen-bond donors (Lipinski definition) is 3. The summed E-state index contributed by atoms with van der Waals surface area (Å²) in [7, 11) is 0. The Labute approximate surface area is 124 Å². The second-order valence-corrected chi connectivity index (χ2v) is 5.24. The average molecular weight is 297 g/mol. The zero-order valence-corrected chi connectivity index (χ0v) is 12.6. The van der Waals surface area contributed by atoms with Crippen molar-refractivity contribution >= 4 is 17.3 Å². The molecule has 6 heteroatoms. The summed E-state index contributed by atoms with van der Waals surface area (Å²) in [4.78, 5) is 14.0. The van der Waals surface area contributed by atoms with Crippen molar-refractivity contribution in [2.24, 2.45) is 0 Å². The molecule has 0 unspecified atom stereocenters. The van der Waals surface area contributed by atoms with Crippen molar-refractivity contribution in [3.05, 3.63) is 24.0 Å². The summed E-state index contributed by atoms with van der Waals surface area (Å²) in [6.45, 7) is 5.59. The van der Waals surface area contributed by atoms with Crippen LogP contribution in [0.1, 0.15) is 26.7 Å². The molecule has 0 radical (unpaired) electrons. The van der Waals surface area contributed by atoms with E-state index in [1.165, 1.54) is 18.2 Å². The monoisotopic (exact) mass is 297 g/mol. The Morgan fingerprint density at radius 2 is 2.14 bits per heavy atom. The first kappa shape index (κ1) is 17.4. The summed E-state index contributed by atoms with van der Waals surface area (Å²) in [6, 6.07) is 4.19. The molecule has 0 bridgehead atoms. The van der Waals surface area contributed by atoms with E-state index in [0.717, 1.165) is 6.54 Å². The number of halogens is 1. The second-order valence-electron chi connectivity index (χ2n) is 5.24.